The first-order chi connectivity index (χ1) is 10.4. The van der Waals surface area contributed by atoms with Gasteiger partial charge < -0.3 is 5.32 Å². The molecule has 0 saturated carbocycles. The standard InChI is InChI=1S/C16H17NO2S3/c1-12-3-7-14(8-4-12)21-16(20)17-11-22(18,19)15-9-5-13(2)6-10-15/h3-10H,11H2,1-2H3,(H,17,20). The van der Waals surface area contributed by atoms with Gasteiger partial charge in [-0.3, -0.25) is 0 Å². The molecule has 0 aliphatic heterocycles. The molecule has 1 N–H and O–H groups in total. The number of thiocarbonyl (C=S) groups is 1. The van der Waals surface area contributed by atoms with Gasteiger partial charge in [-0.15, -0.1) is 0 Å². The highest BCUT2D eigenvalue weighted by Crippen LogP contribution is 2.19. The van der Waals surface area contributed by atoms with E-state index in [0.717, 1.165) is 10.5 Å². The Morgan fingerprint density at radius 3 is 2.05 bits per heavy atom. The van der Waals surface area contributed by atoms with Crippen molar-refractivity contribution in [3.63, 3.8) is 0 Å². The molecular formula is C16H17NO2S3. The quantitative estimate of drug-likeness (QED) is 0.672. The molecule has 0 unspecified atom stereocenters. The Balaban J connectivity index is 1.95. The van der Waals surface area contributed by atoms with E-state index in [9.17, 15) is 8.42 Å². The van der Waals surface area contributed by atoms with Crippen LogP contribution >= 0.6 is 24.0 Å². The fourth-order valence-corrected chi connectivity index (χ4v) is 3.96. The smallest absolute Gasteiger partial charge is 0.196 e. The summed E-state index contributed by atoms with van der Waals surface area (Å²) in [4.78, 5) is 1.28. The zero-order chi connectivity index (χ0) is 16.2. The fraction of sp³-hybridized carbons (Fsp3) is 0.188. The van der Waals surface area contributed by atoms with Gasteiger partial charge in [-0.25, -0.2) is 8.42 Å². The Morgan fingerprint density at radius 1 is 1.00 bits per heavy atom. The molecule has 0 bridgehead atoms. The van der Waals surface area contributed by atoms with Gasteiger partial charge >= 0.3 is 0 Å². The minimum absolute atomic E-state index is 0.201. The number of rotatable bonds is 4. The molecule has 0 atom stereocenters. The number of thioether (sulfide) groups is 1. The van der Waals surface area contributed by atoms with Crippen molar-refractivity contribution in [1.29, 1.82) is 0 Å². The van der Waals surface area contributed by atoms with Crippen molar-refractivity contribution in [2.24, 2.45) is 0 Å². The molecule has 0 saturated heterocycles. The zero-order valence-corrected chi connectivity index (χ0v) is 14.8. The molecule has 0 aliphatic carbocycles. The third-order valence-corrected chi connectivity index (χ3v) is 5.76. The summed E-state index contributed by atoms with van der Waals surface area (Å²) in [6.07, 6.45) is 0. The molecule has 2 rings (SSSR count). The summed E-state index contributed by atoms with van der Waals surface area (Å²) in [5.74, 6) is -0.201. The third kappa shape index (κ3) is 4.83. The summed E-state index contributed by atoms with van der Waals surface area (Å²) in [6.45, 7) is 3.93. The number of benzene rings is 2. The molecule has 3 nitrogen and oxygen atoms in total. The van der Waals surface area contributed by atoms with E-state index in [4.69, 9.17) is 12.2 Å². The van der Waals surface area contributed by atoms with Gasteiger partial charge in [0.15, 0.2) is 9.84 Å². The van der Waals surface area contributed by atoms with Crippen molar-refractivity contribution in [3.05, 3.63) is 59.7 Å². The lowest BCUT2D eigenvalue weighted by atomic mass is 10.2. The van der Waals surface area contributed by atoms with Crippen molar-refractivity contribution in [2.75, 3.05) is 5.88 Å². The summed E-state index contributed by atoms with van der Waals surface area (Å²) >= 11 is 6.54. The van der Waals surface area contributed by atoms with Crippen LogP contribution in [0.15, 0.2) is 58.3 Å². The Morgan fingerprint density at radius 2 is 1.50 bits per heavy atom. The summed E-state index contributed by atoms with van der Waals surface area (Å²) in [5.41, 5.74) is 2.20. The molecule has 0 fully saturated rings. The maximum atomic E-state index is 12.2. The Labute approximate surface area is 141 Å². The molecule has 0 aromatic heterocycles. The minimum Gasteiger partial charge on any atom is -0.357 e. The highest BCUT2D eigenvalue weighted by atomic mass is 32.2. The van der Waals surface area contributed by atoms with Crippen molar-refractivity contribution in [2.45, 2.75) is 23.6 Å². The zero-order valence-electron chi connectivity index (χ0n) is 12.4. The summed E-state index contributed by atoms with van der Waals surface area (Å²) in [7, 11) is -3.38. The van der Waals surface area contributed by atoms with E-state index in [1.807, 2.05) is 38.1 Å². The van der Waals surface area contributed by atoms with Gasteiger partial charge in [0.1, 0.15) is 10.2 Å². The SMILES string of the molecule is Cc1ccc(SC(=S)NCS(=O)(=O)c2ccc(C)cc2)cc1. The van der Waals surface area contributed by atoms with Crippen LogP contribution in [0.3, 0.4) is 0 Å². The molecule has 0 aliphatic rings. The summed E-state index contributed by atoms with van der Waals surface area (Å²) < 4.78 is 24.9. The number of sulfone groups is 1. The number of hydrogen-bond donors (Lipinski definition) is 1. The van der Waals surface area contributed by atoms with E-state index < -0.39 is 9.84 Å². The second-order valence-electron chi connectivity index (χ2n) is 4.95. The van der Waals surface area contributed by atoms with Crippen LogP contribution in [0.4, 0.5) is 0 Å². The summed E-state index contributed by atoms with van der Waals surface area (Å²) in [6, 6.07) is 14.7. The van der Waals surface area contributed by atoms with Crippen molar-refractivity contribution >= 4 is 38.1 Å². The van der Waals surface area contributed by atoms with Gasteiger partial charge in [-0.1, -0.05) is 59.4 Å². The molecule has 116 valence electrons. The predicted octanol–water partition coefficient (Wildman–Crippen LogP) is 3.70. The first-order valence-electron chi connectivity index (χ1n) is 6.68. The number of aryl methyl sites for hydroxylation is 2. The van der Waals surface area contributed by atoms with E-state index in [2.05, 4.69) is 5.32 Å². The molecule has 0 radical (unpaired) electrons. The molecule has 6 heteroatoms. The van der Waals surface area contributed by atoms with Gasteiger partial charge in [0.2, 0.25) is 0 Å². The Kier molecular flexibility index (Phi) is 5.61. The maximum Gasteiger partial charge on any atom is 0.196 e. The van der Waals surface area contributed by atoms with Gasteiger partial charge in [-0.2, -0.15) is 0 Å². The van der Waals surface area contributed by atoms with Crippen molar-refractivity contribution in [3.8, 4) is 0 Å². The van der Waals surface area contributed by atoms with Gasteiger partial charge in [0.25, 0.3) is 0 Å². The van der Waals surface area contributed by atoms with Crippen LogP contribution in [0.5, 0.6) is 0 Å². The predicted molar refractivity (Wildman–Crippen MR) is 96.0 cm³/mol. The molecule has 2 aromatic carbocycles. The van der Waals surface area contributed by atoms with E-state index >= 15 is 0 Å². The van der Waals surface area contributed by atoms with E-state index in [1.54, 1.807) is 24.3 Å². The van der Waals surface area contributed by atoms with Crippen LogP contribution in [-0.4, -0.2) is 18.6 Å². The Hall–Kier alpha value is -1.37. The fourth-order valence-electron chi connectivity index (χ4n) is 1.73. The Bertz CT molecular complexity index is 751. The average Bonchev–Trinajstić information content (AvgIpc) is 2.48. The highest BCUT2D eigenvalue weighted by molar-refractivity contribution is 8.23. The first kappa shape index (κ1) is 17.0. The topological polar surface area (TPSA) is 46.2 Å². The second kappa shape index (κ2) is 7.26. The van der Waals surface area contributed by atoms with Crippen LogP contribution in [0.2, 0.25) is 0 Å². The minimum atomic E-state index is -3.38. The van der Waals surface area contributed by atoms with Crippen LogP contribution in [-0.2, 0) is 9.84 Å². The highest BCUT2D eigenvalue weighted by Gasteiger charge is 2.14. The van der Waals surface area contributed by atoms with E-state index in [1.165, 1.54) is 17.3 Å². The van der Waals surface area contributed by atoms with Crippen molar-refractivity contribution < 1.29 is 8.42 Å². The first-order valence-corrected chi connectivity index (χ1v) is 9.56. The lowest BCUT2D eigenvalue weighted by Crippen LogP contribution is -2.26. The van der Waals surface area contributed by atoms with Crippen LogP contribution in [0.25, 0.3) is 0 Å². The second-order valence-corrected chi connectivity index (χ2v) is 8.69. The summed E-state index contributed by atoms with van der Waals surface area (Å²) in [5, 5.41) is 2.81. The maximum absolute atomic E-state index is 12.2. The lowest BCUT2D eigenvalue weighted by molar-refractivity contribution is 0.594. The molecule has 0 amide bonds. The van der Waals surface area contributed by atoms with Gasteiger partial charge in [0.05, 0.1) is 4.90 Å². The van der Waals surface area contributed by atoms with Crippen molar-refractivity contribution in [1.82, 2.24) is 5.32 Å². The van der Waals surface area contributed by atoms with Gasteiger partial charge in [-0.05, 0) is 38.1 Å². The third-order valence-electron chi connectivity index (χ3n) is 3.02. The monoisotopic (exact) mass is 351 g/mol. The molecule has 0 heterocycles. The molecule has 2 aromatic rings. The molecule has 22 heavy (non-hydrogen) atoms. The van der Waals surface area contributed by atoms with E-state index in [-0.39, 0.29) is 5.88 Å². The molecular weight excluding hydrogens is 334 g/mol. The largest absolute Gasteiger partial charge is 0.357 e. The van der Waals surface area contributed by atoms with Crippen LogP contribution < -0.4 is 5.32 Å². The normalized spacial score (nSPS) is 11.2. The van der Waals surface area contributed by atoms with Gasteiger partial charge in [0, 0.05) is 4.90 Å². The van der Waals surface area contributed by atoms with Crippen LogP contribution in [0, 0.1) is 13.8 Å². The van der Waals surface area contributed by atoms with Crippen LogP contribution in [0.1, 0.15) is 11.1 Å². The van der Waals surface area contributed by atoms with E-state index in [0.29, 0.717) is 9.22 Å². The lowest BCUT2D eigenvalue weighted by Gasteiger charge is -2.09. The number of nitrogens with one attached hydrogen (secondary N) is 1. The number of hydrogen-bond acceptors (Lipinski definition) is 4. The molecule has 0 spiro atoms. The average molecular weight is 352 g/mol.